The summed E-state index contributed by atoms with van der Waals surface area (Å²) in [6.45, 7) is -0.0224. The van der Waals surface area contributed by atoms with Crippen molar-refractivity contribution in [3.8, 4) is 5.75 Å². The SMILES string of the molecule is OCc1cccc2c(O)ccn12. The van der Waals surface area contributed by atoms with Crippen molar-refractivity contribution in [2.75, 3.05) is 0 Å². The van der Waals surface area contributed by atoms with Crippen molar-refractivity contribution in [1.29, 1.82) is 0 Å². The molecule has 0 aromatic carbocycles. The predicted molar refractivity (Wildman–Crippen MR) is 45.0 cm³/mol. The van der Waals surface area contributed by atoms with E-state index < -0.39 is 0 Å². The molecule has 0 bridgehead atoms. The minimum atomic E-state index is -0.0224. The predicted octanol–water partition coefficient (Wildman–Crippen LogP) is 1.14. The molecule has 2 rings (SSSR count). The lowest BCUT2D eigenvalue weighted by atomic mass is 10.3. The molecule has 0 atom stereocenters. The topological polar surface area (TPSA) is 44.9 Å². The molecule has 2 aromatic heterocycles. The summed E-state index contributed by atoms with van der Waals surface area (Å²) in [6.07, 6.45) is 1.73. The Morgan fingerprint density at radius 1 is 1.25 bits per heavy atom. The number of fused-ring (bicyclic) bond motifs is 1. The molecular formula is C9H9NO2. The lowest BCUT2D eigenvalue weighted by Gasteiger charge is -2.01. The van der Waals surface area contributed by atoms with Gasteiger partial charge in [0.15, 0.2) is 0 Å². The van der Waals surface area contributed by atoms with Crippen LogP contribution < -0.4 is 0 Å². The minimum Gasteiger partial charge on any atom is -0.506 e. The van der Waals surface area contributed by atoms with Gasteiger partial charge in [-0.1, -0.05) is 6.07 Å². The third-order valence-electron chi connectivity index (χ3n) is 1.92. The van der Waals surface area contributed by atoms with E-state index in [9.17, 15) is 5.11 Å². The lowest BCUT2D eigenvalue weighted by Crippen LogP contribution is -1.93. The second-order valence-corrected chi connectivity index (χ2v) is 2.63. The fourth-order valence-corrected chi connectivity index (χ4v) is 1.31. The Hall–Kier alpha value is -1.48. The Kier molecular flexibility index (Phi) is 1.52. The van der Waals surface area contributed by atoms with Gasteiger partial charge in [0.05, 0.1) is 12.1 Å². The molecule has 0 radical (unpaired) electrons. The minimum absolute atomic E-state index is 0.0224. The summed E-state index contributed by atoms with van der Waals surface area (Å²) in [6, 6.07) is 7.02. The first-order valence-corrected chi connectivity index (χ1v) is 3.71. The normalized spacial score (nSPS) is 10.8. The number of pyridine rings is 1. The Morgan fingerprint density at radius 2 is 2.08 bits per heavy atom. The zero-order valence-corrected chi connectivity index (χ0v) is 6.44. The summed E-state index contributed by atoms with van der Waals surface area (Å²) in [5, 5.41) is 18.3. The molecule has 0 amide bonds. The van der Waals surface area contributed by atoms with Gasteiger partial charge in [0.2, 0.25) is 0 Å². The van der Waals surface area contributed by atoms with Crippen molar-refractivity contribution in [1.82, 2.24) is 4.40 Å². The van der Waals surface area contributed by atoms with E-state index in [0.717, 1.165) is 11.2 Å². The highest BCUT2D eigenvalue weighted by Gasteiger charge is 2.01. The number of hydrogen-bond acceptors (Lipinski definition) is 2. The highest BCUT2D eigenvalue weighted by molar-refractivity contribution is 5.60. The van der Waals surface area contributed by atoms with Crippen molar-refractivity contribution in [3.05, 3.63) is 36.2 Å². The van der Waals surface area contributed by atoms with E-state index in [0.29, 0.717) is 0 Å². The van der Waals surface area contributed by atoms with Gasteiger partial charge in [-0.15, -0.1) is 0 Å². The summed E-state index contributed by atoms with van der Waals surface area (Å²) >= 11 is 0. The largest absolute Gasteiger partial charge is 0.506 e. The average molecular weight is 163 g/mol. The van der Waals surface area contributed by atoms with Gasteiger partial charge in [0, 0.05) is 11.9 Å². The summed E-state index contributed by atoms with van der Waals surface area (Å²) in [5.41, 5.74) is 1.49. The first-order valence-electron chi connectivity index (χ1n) is 3.71. The van der Waals surface area contributed by atoms with Crippen LogP contribution in [0.25, 0.3) is 5.52 Å². The van der Waals surface area contributed by atoms with Crippen molar-refractivity contribution >= 4 is 5.52 Å². The summed E-state index contributed by atoms with van der Waals surface area (Å²) in [7, 11) is 0. The first kappa shape index (κ1) is 7.18. The molecule has 0 aliphatic heterocycles. The number of nitrogens with zero attached hydrogens (tertiary/aromatic N) is 1. The maximum absolute atomic E-state index is 9.33. The van der Waals surface area contributed by atoms with Gasteiger partial charge in [-0.2, -0.15) is 0 Å². The summed E-state index contributed by atoms with van der Waals surface area (Å²) < 4.78 is 1.76. The van der Waals surface area contributed by atoms with Crippen molar-refractivity contribution in [2.45, 2.75) is 6.61 Å². The molecular weight excluding hydrogens is 154 g/mol. The molecule has 0 aliphatic rings. The molecule has 12 heavy (non-hydrogen) atoms. The summed E-state index contributed by atoms with van der Waals surface area (Å²) in [5.74, 6) is 0.241. The van der Waals surface area contributed by atoms with Crippen LogP contribution in [0.2, 0.25) is 0 Å². The van der Waals surface area contributed by atoms with Gasteiger partial charge in [-0.3, -0.25) is 0 Å². The highest BCUT2D eigenvalue weighted by Crippen LogP contribution is 2.20. The van der Waals surface area contributed by atoms with Gasteiger partial charge in [-0.25, -0.2) is 0 Å². The molecule has 2 N–H and O–H groups in total. The van der Waals surface area contributed by atoms with Crippen molar-refractivity contribution in [3.63, 3.8) is 0 Å². The van der Waals surface area contributed by atoms with E-state index in [1.54, 1.807) is 28.8 Å². The van der Waals surface area contributed by atoms with Crippen LogP contribution in [-0.2, 0) is 6.61 Å². The van der Waals surface area contributed by atoms with E-state index in [2.05, 4.69) is 0 Å². The van der Waals surface area contributed by atoms with Gasteiger partial charge < -0.3 is 14.6 Å². The molecule has 3 heteroatoms. The van der Waals surface area contributed by atoms with Gasteiger partial charge in [0.1, 0.15) is 5.75 Å². The van der Waals surface area contributed by atoms with Crippen LogP contribution in [0.15, 0.2) is 30.5 Å². The molecule has 2 heterocycles. The molecule has 2 aromatic rings. The summed E-state index contributed by atoms with van der Waals surface area (Å²) in [4.78, 5) is 0. The third-order valence-corrected chi connectivity index (χ3v) is 1.92. The number of hydrogen-bond donors (Lipinski definition) is 2. The lowest BCUT2D eigenvalue weighted by molar-refractivity contribution is 0.275. The van der Waals surface area contributed by atoms with E-state index >= 15 is 0 Å². The zero-order valence-electron chi connectivity index (χ0n) is 6.44. The highest BCUT2D eigenvalue weighted by atomic mass is 16.3. The molecule has 0 saturated carbocycles. The standard InChI is InChI=1S/C9H9NO2/c11-6-7-2-1-3-8-9(12)4-5-10(7)8/h1-5,11-12H,6H2. The van der Waals surface area contributed by atoms with Gasteiger partial charge >= 0.3 is 0 Å². The van der Waals surface area contributed by atoms with Crippen LogP contribution in [0.4, 0.5) is 0 Å². The van der Waals surface area contributed by atoms with Crippen LogP contribution >= 0.6 is 0 Å². The van der Waals surface area contributed by atoms with Crippen LogP contribution in [0.5, 0.6) is 5.75 Å². The van der Waals surface area contributed by atoms with Crippen LogP contribution in [0.3, 0.4) is 0 Å². The van der Waals surface area contributed by atoms with E-state index in [-0.39, 0.29) is 12.4 Å². The van der Waals surface area contributed by atoms with Gasteiger partial charge in [0.25, 0.3) is 0 Å². The first-order chi connectivity index (χ1) is 5.83. The molecule has 62 valence electrons. The number of rotatable bonds is 1. The second kappa shape index (κ2) is 2.53. The Labute approximate surface area is 69.5 Å². The third kappa shape index (κ3) is 0.871. The van der Waals surface area contributed by atoms with Crippen LogP contribution in [0.1, 0.15) is 5.69 Å². The van der Waals surface area contributed by atoms with E-state index in [4.69, 9.17) is 5.11 Å². The van der Waals surface area contributed by atoms with Crippen molar-refractivity contribution < 1.29 is 10.2 Å². The molecule has 0 aliphatic carbocycles. The van der Waals surface area contributed by atoms with Crippen LogP contribution in [-0.4, -0.2) is 14.6 Å². The Balaban J connectivity index is 2.81. The van der Waals surface area contributed by atoms with Crippen LogP contribution in [0, 0.1) is 0 Å². The maximum Gasteiger partial charge on any atom is 0.141 e. The molecule has 3 nitrogen and oxygen atoms in total. The molecule has 0 saturated heterocycles. The number of aliphatic hydroxyl groups is 1. The fraction of sp³-hybridized carbons (Fsp3) is 0.111. The Bertz CT molecular complexity index is 406. The quantitative estimate of drug-likeness (QED) is 0.662. The molecule has 0 spiro atoms. The molecule has 0 unspecified atom stereocenters. The smallest absolute Gasteiger partial charge is 0.141 e. The zero-order chi connectivity index (χ0) is 8.55. The van der Waals surface area contributed by atoms with Crippen molar-refractivity contribution in [2.24, 2.45) is 0 Å². The second-order valence-electron chi connectivity index (χ2n) is 2.63. The number of aliphatic hydroxyl groups excluding tert-OH is 1. The van der Waals surface area contributed by atoms with Gasteiger partial charge in [-0.05, 0) is 18.2 Å². The van der Waals surface area contributed by atoms with E-state index in [1.165, 1.54) is 0 Å². The number of aromatic hydroxyl groups is 1. The maximum atomic E-state index is 9.33. The Morgan fingerprint density at radius 3 is 2.83 bits per heavy atom. The number of aromatic nitrogens is 1. The van der Waals surface area contributed by atoms with E-state index in [1.807, 2.05) is 6.07 Å². The average Bonchev–Trinajstić information content (AvgIpc) is 2.48. The fourth-order valence-electron chi connectivity index (χ4n) is 1.31. The monoisotopic (exact) mass is 163 g/mol. The molecule has 0 fully saturated rings.